The van der Waals surface area contributed by atoms with Gasteiger partial charge in [0.05, 0.1) is 7.11 Å². The molecule has 0 fully saturated rings. The van der Waals surface area contributed by atoms with Gasteiger partial charge >= 0.3 is 0 Å². The van der Waals surface area contributed by atoms with E-state index in [1.807, 2.05) is 0 Å². The molecule has 4 heteroatoms. The number of hydrogen-bond acceptors (Lipinski definition) is 2. The van der Waals surface area contributed by atoms with Gasteiger partial charge in [0.15, 0.2) is 0 Å². The van der Waals surface area contributed by atoms with E-state index < -0.39 is 6.10 Å². The number of methoxy groups -OCH3 is 1. The number of hydrogen-bond donors (Lipinski definition) is 1. The van der Waals surface area contributed by atoms with Crippen molar-refractivity contribution in [2.24, 2.45) is 0 Å². The van der Waals surface area contributed by atoms with Crippen molar-refractivity contribution in [1.29, 1.82) is 0 Å². The highest BCUT2D eigenvalue weighted by atomic mass is 35.5. The average molecular weight is 281 g/mol. The molecular formula is C15H14ClFO2. The van der Waals surface area contributed by atoms with E-state index in [1.165, 1.54) is 19.2 Å². The summed E-state index contributed by atoms with van der Waals surface area (Å²) in [6.07, 6.45) is -0.983. The Labute approximate surface area is 116 Å². The molecule has 0 aliphatic carbocycles. The van der Waals surface area contributed by atoms with E-state index in [0.717, 1.165) is 5.56 Å². The molecule has 0 aromatic heterocycles. The summed E-state index contributed by atoms with van der Waals surface area (Å²) in [5, 5.41) is 10.9. The van der Waals surface area contributed by atoms with Gasteiger partial charge in [0.2, 0.25) is 0 Å². The Bertz CT molecular complexity index is 578. The lowest BCUT2D eigenvalue weighted by Crippen LogP contribution is -2.03. The van der Waals surface area contributed by atoms with Crippen LogP contribution in [-0.2, 0) is 0 Å². The van der Waals surface area contributed by atoms with Gasteiger partial charge in [0.25, 0.3) is 0 Å². The van der Waals surface area contributed by atoms with E-state index in [1.54, 1.807) is 31.2 Å². The molecule has 0 amide bonds. The molecule has 0 saturated carbocycles. The van der Waals surface area contributed by atoms with Crippen molar-refractivity contribution < 1.29 is 14.2 Å². The molecule has 0 aliphatic heterocycles. The number of halogens is 2. The van der Waals surface area contributed by atoms with Crippen molar-refractivity contribution in [2.75, 3.05) is 7.11 Å². The second-order valence-corrected chi connectivity index (χ2v) is 4.79. The van der Waals surface area contributed by atoms with E-state index in [9.17, 15) is 9.50 Å². The third-order valence-electron chi connectivity index (χ3n) is 2.87. The van der Waals surface area contributed by atoms with Gasteiger partial charge in [-0.15, -0.1) is 0 Å². The van der Waals surface area contributed by atoms with Gasteiger partial charge in [-0.3, -0.25) is 0 Å². The third kappa shape index (κ3) is 3.06. The topological polar surface area (TPSA) is 29.5 Å². The van der Waals surface area contributed by atoms with E-state index in [0.29, 0.717) is 21.9 Å². The van der Waals surface area contributed by atoms with Gasteiger partial charge in [-0.1, -0.05) is 17.7 Å². The Kier molecular flexibility index (Phi) is 4.08. The van der Waals surface area contributed by atoms with Crippen molar-refractivity contribution in [1.82, 2.24) is 0 Å². The second-order valence-electron chi connectivity index (χ2n) is 4.35. The molecule has 0 aliphatic rings. The number of ether oxygens (including phenoxy) is 1. The average Bonchev–Trinajstić information content (AvgIpc) is 2.36. The first-order chi connectivity index (χ1) is 9.01. The predicted molar refractivity (Wildman–Crippen MR) is 73.2 cm³/mol. The van der Waals surface area contributed by atoms with Crippen LogP contribution in [0.15, 0.2) is 36.4 Å². The first-order valence-corrected chi connectivity index (χ1v) is 6.17. The van der Waals surface area contributed by atoms with Crippen molar-refractivity contribution >= 4 is 11.6 Å². The Hall–Kier alpha value is -1.58. The van der Waals surface area contributed by atoms with Gasteiger partial charge < -0.3 is 9.84 Å². The number of aryl methyl sites for hydroxylation is 1. The van der Waals surface area contributed by atoms with Crippen molar-refractivity contribution in [3.63, 3.8) is 0 Å². The highest BCUT2D eigenvalue weighted by molar-refractivity contribution is 6.30. The Balaban J connectivity index is 2.48. The minimum absolute atomic E-state index is 0.380. The lowest BCUT2D eigenvalue weighted by atomic mass is 9.99. The molecule has 19 heavy (non-hydrogen) atoms. The molecular weight excluding hydrogens is 267 g/mol. The molecule has 0 radical (unpaired) electrons. The summed E-state index contributed by atoms with van der Waals surface area (Å²) in [6.45, 7) is 1.77. The largest absolute Gasteiger partial charge is 0.496 e. The predicted octanol–water partition coefficient (Wildman–Crippen LogP) is 3.88. The molecule has 1 N–H and O–H groups in total. The van der Waals surface area contributed by atoms with Crippen LogP contribution in [0, 0.1) is 12.7 Å². The minimum Gasteiger partial charge on any atom is -0.496 e. The summed E-state index contributed by atoms with van der Waals surface area (Å²) >= 11 is 5.93. The van der Waals surface area contributed by atoms with Gasteiger partial charge in [-0.2, -0.15) is 0 Å². The zero-order valence-electron chi connectivity index (χ0n) is 10.7. The highest BCUT2D eigenvalue weighted by Crippen LogP contribution is 2.32. The molecule has 2 aromatic rings. The van der Waals surface area contributed by atoms with Crippen LogP contribution in [0.4, 0.5) is 4.39 Å². The van der Waals surface area contributed by atoms with Crippen LogP contribution in [0.1, 0.15) is 22.8 Å². The maximum Gasteiger partial charge on any atom is 0.125 e. The normalized spacial score (nSPS) is 12.3. The Morgan fingerprint density at radius 3 is 2.58 bits per heavy atom. The molecule has 2 rings (SSSR count). The van der Waals surface area contributed by atoms with Crippen LogP contribution < -0.4 is 4.74 Å². The van der Waals surface area contributed by atoms with Crippen LogP contribution >= 0.6 is 11.6 Å². The summed E-state index contributed by atoms with van der Waals surface area (Å²) in [5.74, 6) is 0.133. The van der Waals surface area contributed by atoms with Gasteiger partial charge in [0, 0.05) is 10.6 Å². The van der Waals surface area contributed by atoms with Crippen molar-refractivity contribution in [3.8, 4) is 5.75 Å². The first-order valence-electron chi connectivity index (χ1n) is 5.80. The van der Waals surface area contributed by atoms with Gasteiger partial charge in [-0.25, -0.2) is 4.39 Å². The highest BCUT2D eigenvalue weighted by Gasteiger charge is 2.17. The van der Waals surface area contributed by atoms with E-state index in [4.69, 9.17) is 16.3 Å². The summed E-state index contributed by atoms with van der Waals surface area (Å²) in [7, 11) is 1.51. The fraction of sp³-hybridized carbons (Fsp3) is 0.200. The van der Waals surface area contributed by atoms with E-state index in [2.05, 4.69) is 0 Å². The fourth-order valence-corrected chi connectivity index (χ4v) is 2.20. The lowest BCUT2D eigenvalue weighted by Gasteiger charge is -2.16. The summed E-state index contributed by atoms with van der Waals surface area (Å²) < 4.78 is 18.6. The van der Waals surface area contributed by atoms with E-state index in [-0.39, 0.29) is 5.82 Å². The Morgan fingerprint density at radius 1 is 1.21 bits per heavy atom. The quantitative estimate of drug-likeness (QED) is 0.924. The fourth-order valence-electron chi connectivity index (χ4n) is 2.02. The molecule has 100 valence electrons. The standard InChI is InChI=1S/C15H14ClFO2/c1-9-5-10(7-12(17)6-9)15(18)13-8-11(16)3-4-14(13)19-2/h3-8,15,18H,1-2H3. The molecule has 2 aromatic carbocycles. The van der Waals surface area contributed by atoms with Crippen LogP contribution in [0.2, 0.25) is 5.02 Å². The molecule has 1 atom stereocenters. The first kappa shape index (κ1) is 13.8. The molecule has 0 spiro atoms. The Morgan fingerprint density at radius 2 is 1.95 bits per heavy atom. The minimum atomic E-state index is -0.983. The molecule has 1 unspecified atom stereocenters. The molecule has 0 heterocycles. The van der Waals surface area contributed by atoms with Gasteiger partial charge in [-0.05, 0) is 48.4 Å². The number of rotatable bonds is 3. The molecule has 0 bridgehead atoms. The second kappa shape index (κ2) is 5.59. The molecule has 0 saturated heterocycles. The maximum absolute atomic E-state index is 13.4. The van der Waals surface area contributed by atoms with Crippen LogP contribution in [0.5, 0.6) is 5.75 Å². The van der Waals surface area contributed by atoms with Crippen molar-refractivity contribution in [2.45, 2.75) is 13.0 Å². The third-order valence-corrected chi connectivity index (χ3v) is 3.10. The summed E-state index contributed by atoms with van der Waals surface area (Å²) in [6, 6.07) is 9.41. The maximum atomic E-state index is 13.4. The monoisotopic (exact) mass is 280 g/mol. The van der Waals surface area contributed by atoms with E-state index >= 15 is 0 Å². The SMILES string of the molecule is COc1ccc(Cl)cc1C(O)c1cc(C)cc(F)c1. The van der Waals surface area contributed by atoms with Crippen LogP contribution in [-0.4, -0.2) is 12.2 Å². The summed E-state index contributed by atoms with van der Waals surface area (Å²) in [4.78, 5) is 0. The zero-order chi connectivity index (χ0) is 14.0. The number of benzene rings is 2. The van der Waals surface area contributed by atoms with Crippen LogP contribution in [0.3, 0.4) is 0 Å². The lowest BCUT2D eigenvalue weighted by molar-refractivity contribution is 0.214. The smallest absolute Gasteiger partial charge is 0.125 e. The van der Waals surface area contributed by atoms with Crippen molar-refractivity contribution in [3.05, 3.63) is 63.9 Å². The number of aliphatic hydroxyl groups excluding tert-OH is 1. The summed E-state index contributed by atoms with van der Waals surface area (Å²) in [5.41, 5.74) is 1.73. The zero-order valence-corrected chi connectivity index (χ0v) is 11.4. The molecule has 2 nitrogen and oxygen atoms in total. The number of aliphatic hydroxyl groups is 1. The van der Waals surface area contributed by atoms with Crippen LogP contribution in [0.25, 0.3) is 0 Å². The van der Waals surface area contributed by atoms with Gasteiger partial charge in [0.1, 0.15) is 17.7 Å².